The SMILES string of the molecule is COCc1c(Br)c(C)nc(OCC(=O)N/N=C\c2cccc(OCc3ccc([N+](=O)[O-])cc3)c2)c1C#N. The number of hydrogen-bond donors (Lipinski definition) is 1. The largest absolute Gasteiger partial charge is 0.489 e. The fourth-order valence-corrected chi connectivity index (χ4v) is 3.53. The second-order valence-corrected chi connectivity index (χ2v) is 8.37. The van der Waals surface area contributed by atoms with Crippen molar-refractivity contribution in [3.8, 4) is 17.7 Å². The Hall–Kier alpha value is -4.34. The molecule has 0 saturated heterocycles. The number of halogens is 1. The molecule has 1 amide bonds. The number of methoxy groups -OCH3 is 1. The summed E-state index contributed by atoms with van der Waals surface area (Å²) in [5, 5.41) is 24.2. The van der Waals surface area contributed by atoms with Gasteiger partial charge in [-0.15, -0.1) is 0 Å². The molecular formula is C25H22BrN5O6. The first-order chi connectivity index (χ1) is 17.8. The van der Waals surface area contributed by atoms with Crippen molar-refractivity contribution in [3.63, 3.8) is 0 Å². The minimum Gasteiger partial charge on any atom is -0.489 e. The van der Waals surface area contributed by atoms with Crippen LogP contribution in [0.15, 0.2) is 58.1 Å². The summed E-state index contributed by atoms with van der Waals surface area (Å²) >= 11 is 3.40. The standard InChI is InChI=1S/C25H22BrN5O6/c1-16-24(26)22(14-35-2)21(11-27)25(29-16)37-15-23(32)30-28-12-18-4-3-5-20(10-18)36-13-17-6-8-19(9-7-17)31(33)34/h3-10,12H,13-15H2,1-2H3,(H,30,32)/b28-12-. The zero-order valence-corrected chi connectivity index (χ0v) is 21.5. The van der Waals surface area contributed by atoms with Crippen molar-refractivity contribution in [2.24, 2.45) is 5.10 Å². The first-order valence-electron chi connectivity index (χ1n) is 10.8. The van der Waals surface area contributed by atoms with E-state index in [1.165, 1.54) is 25.5 Å². The van der Waals surface area contributed by atoms with E-state index < -0.39 is 17.4 Å². The van der Waals surface area contributed by atoms with E-state index in [9.17, 15) is 20.2 Å². The van der Waals surface area contributed by atoms with Crippen LogP contribution in [0.3, 0.4) is 0 Å². The first-order valence-corrected chi connectivity index (χ1v) is 11.6. The molecule has 0 fully saturated rings. The molecule has 0 unspecified atom stereocenters. The Kier molecular flexibility index (Phi) is 9.65. The van der Waals surface area contributed by atoms with Crippen LogP contribution in [0.5, 0.6) is 11.6 Å². The van der Waals surface area contributed by atoms with E-state index in [1.807, 2.05) is 6.07 Å². The first kappa shape index (κ1) is 27.3. The summed E-state index contributed by atoms with van der Waals surface area (Å²) in [5.41, 5.74) is 5.18. The number of aromatic nitrogens is 1. The zero-order valence-electron chi connectivity index (χ0n) is 19.9. The highest BCUT2D eigenvalue weighted by molar-refractivity contribution is 9.10. The van der Waals surface area contributed by atoms with Crippen LogP contribution >= 0.6 is 15.9 Å². The number of carbonyl (C=O) groups is 1. The molecule has 0 aliphatic rings. The summed E-state index contributed by atoms with van der Waals surface area (Å²) < 4.78 is 17.0. The average Bonchev–Trinajstić information content (AvgIpc) is 2.89. The number of nitrogens with one attached hydrogen (secondary N) is 1. The van der Waals surface area contributed by atoms with Gasteiger partial charge in [0.1, 0.15) is 24.0 Å². The summed E-state index contributed by atoms with van der Waals surface area (Å²) in [6.07, 6.45) is 1.44. The molecule has 1 heterocycles. The number of carbonyl (C=O) groups excluding carboxylic acids is 1. The van der Waals surface area contributed by atoms with E-state index >= 15 is 0 Å². The molecule has 3 rings (SSSR count). The Morgan fingerprint density at radius 3 is 2.68 bits per heavy atom. The number of non-ortho nitro benzene ring substituents is 1. The van der Waals surface area contributed by atoms with Crippen molar-refractivity contribution < 1.29 is 23.9 Å². The van der Waals surface area contributed by atoms with Gasteiger partial charge in [0.2, 0.25) is 5.88 Å². The smallest absolute Gasteiger partial charge is 0.278 e. The Morgan fingerprint density at radius 2 is 2.00 bits per heavy atom. The van der Waals surface area contributed by atoms with Crippen molar-refractivity contribution in [2.75, 3.05) is 13.7 Å². The number of benzene rings is 2. The number of nitro groups is 1. The van der Waals surface area contributed by atoms with Gasteiger partial charge in [0.15, 0.2) is 6.61 Å². The third-order valence-corrected chi connectivity index (χ3v) is 5.97. The summed E-state index contributed by atoms with van der Waals surface area (Å²) in [6, 6.07) is 15.2. The maximum absolute atomic E-state index is 12.2. The maximum atomic E-state index is 12.2. The highest BCUT2D eigenvalue weighted by Gasteiger charge is 2.18. The van der Waals surface area contributed by atoms with Crippen LogP contribution in [-0.4, -0.2) is 35.7 Å². The van der Waals surface area contributed by atoms with Crippen LogP contribution in [0, 0.1) is 28.4 Å². The number of aryl methyl sites for hydroxylation is 1. The molecule has 0 atom stereocenters. The van der Waals surface area contributed by atoms with Gasteiger partial charge in [0.05, 0.1) is 23.4 Å². The molecule has 1 N–H and O–H groups in total. The molecule has 1 aromatic heterocycles. The van der Waals surface area contributed by atoms with Gasteiger partial charge in [-0.2, -0.15) is 10.4 Å². The van der Waals surface area contributed by atoms with Crippen molar-refractivity contribution in [1.29, 1.82) is 5.26 Å². The minimum atomic E-state index is -0.540. The van der Waals surface area contributed by atoms with E-state index in [0.29, 0.717) is 27.0 Å². The molecule has 0 saturated carbocycles. The highest BCUT2D eigenvalue weighted by atomic mass is 79.9. The molecule has 0 radical (unpaired) electrons. The van der Waals surface area contributed by atoms with Crippen LogP contribution in [0.1, 0.15) is 27.9 Å². The van der Waals surface area contributed by atoms with Crippen LogP contribution in [0.25, 0.3) is 0 Å². The average molecular weight is 568 g/mol. The molecule has 12 heteroatoms. The lowest BCUT2D eigenvalue weighted by atomic mass is 10.1. The number of pyridine rings is 1. The van der Waals surface area contributed by atoms with Gasteiger partial charge in [-0.3, -0.25) is 14.9 Å². The molecule has 11 nitrogen and oxygen atoms in total. The summed E-state index contributed by atoms with van der Waals surface area (Å²) in [5.74, 6) is 0.0539. The van der Waals surface area contributed by atoms with Crippen molar-refractivity contribution in [2.45, 2.75) is 20.1 Å². The van der Waals surface area contributed by atoms with Gasteiger partial charge in [0.25, 0.3) is 11.6 Å². The van der Waals surface area contributed by atoms with E-state index in [0.717, 1.165) is 5.56 Å². The summed E-state index contributed by atoms with van der Waals surface area (Å²) in [7, 11) is 1.51. The minimum absolute atomic E-state index is 0.0129. The molecule has 190 valence electrons. The monoisotopic (exact) mass is 567 g/mol. The fraction of sp³-hybridized carbons (Fsp3) is 0.200. The number of hydrazone groups is 1. The van der Waals surface area contributed by atoms with Gasteiger partial charge >= 0.3 is 0 Å². The molecule has 3 aromatic rings. The van der Waals surface area contributed by atoms with Gasteiger partial charge in [-0.25, -0.2) is 10.4 Å². The number of nitriles is 1. The number of hydrogen-bond acceptors (Lipinski definition) is 9. The number of nitro benzene ring substituents is 1. The van der Waals surface area contributed by atoms with E-state index in [4.69, 9.17) is 14.2 Å². The van der Waals surface area contributed by atoms with E-state index in [1.54, 1.807) is 43.3 Å². The van der Waals surface area contributed by atoms with Gasteiger partial charge in [-0.05, 0) is 58.2 Å². The van der Waals surface area contributed by atoms with E-state index in [2.05, 4.69) is 31.4 Å². The van der Waals surface area contributed by atoms with Crippen LogP contribution < -0.4 is 14.9 Å². The maximum Gasteiger partial charge on any atom is 0.278 e. The Balaban J connectivity index is 1.54. The zero-order chi connectivity index (χ0) is 26.8. The summed E-state index contributed by atoms with van der Waals surface area (Å²) in [6.45, 7) is 1.75. The van der Waals surface area contributed by atoms with Crippen molar-refractivity contribution >= 4 is 33.7 Å². The Morgan fingerprint density at radius 1 is 1.24 bits per heavy atom. The Labute approximate surface area is 221 Å². The number of ether oxygens (including phenoxy) is 3. The fourth-order valence-electron chi connectivity index (χ4n) is 3.12. The van der Waals surface area contributed by atoms with Gasteiger partial charge in [0, 0.05) is 29.3 Å². The molecule has 0 aliphatic carbocycles. The Bertz CT molecular complexity index is 1350. The van der Waals surface area contributed by atoms with Gasteiger partial charge < -0.3 is 14.2 Å². The number of rotatable bonds is 11. The predicted molar refractivity (Wildman–Crippen MR) is 137 cm³/mol. The lowest BCUT2D eigenvalue weighted by Gasteiger charge is -2.13. The summed E-state index contributed by atoms with van der Waals surface area (Å²) in [4.78, 5) is 26.7. The third-order valence-electron chi connectivity index (χ3n) is 4.92. The lowest BCUT2D eigenvalue weighted by molar-refractivity contribution is -0.384. The highest BCUT2D eigenvalue weighted by Crippen LogP contribution is 2.30. The van der Waals surface area contributed by atoms with Crippen LogP contribution in [0.4, 0.5) is 5.69 Å². The normalized spacial score (nSPS) is 10.6. The molecule has 2 aromatic carbocycles. The molecule has 0 aliphatic heterocycles. The second kappa shape index (κ2) is 13.1. The second-order valence-electron chi connectivity index (χ2n) is 7.58. The quantitative estimate of drug-likeness (QED) is 0.206. The number of amides is 1. The molecule has 37 heavy (non-hydrogen) atoms. The van der Waals surface area contributed by atoms with Gasteiger partial charge in [-0.1, -0.05) is 12.1 Å². The molecule has 0 bridgehead atoms. The third kappa shape index (κ3) is 7.57. The molecule has 0 spiro atoms. The van der Waals surface area contributed by atoms with Crippen molar-refractivity contribution in [1.82, 2.24) is 10.4 Å². The predicted octanol–water partition coefficient (Wildman–Crippen LogP) is 4.19. The number of nitrogens with zero attached hydrogens (tertiary/aromatic N) is 4. The van der Waals surface area contributed by atoms with Crippen molar-refractivity contribution in [3.05, 3.63) is 91.1 Å². The topological polar surface area (TPSA) is 149 Å². The van der Waals surface area contributed by atoms with E-state index in [-0.39, 0.29) is 30.3 Å². The van der Waals surface area contributed by atoms with Crippen LogP contribution in [0.2, 0.25) is 0 Å². The molecular weight excluding hydrogens is 546 g/mol. The lowest BCUT2D eigenvalue weighted by Crippen LogP contribution is -2.25. The van der Waals surface area contributed by atoms with Crippen LogP contribution in [-0.2, 0) is 22.7 Å².